The van der Waals surface area contributed by atoms with E-state index in [4.69, 9.17) is 48.1 Å². The number of carbonyl (C=O) groups excluding carboxylic acids is 9. The Morgan fingerprint density at radius 1 is 0.648 bits per heavy atom. The predicted octanol–water partition coefficient (Wildman–Crippen LogP) is 8.13. The van der Waals surface area contributed by atoms with Crippen LogP contribution in [0, 0.1) is 45.3 Å². The third kappa shape index (κ3) is 15.0. The number of carbonyl (C=O) groups is 9. The largest absolute Gasteiger partial charge is 0.469 e. The molecule has 10 atom stereocenters. The molecule has 3 amide bonds. The second kappa shape index (κ2) is 29.6. The predicted molar refractivity (Wildman–Crippen MR) is 327 cm³/mol. The molecule has 6 heterocycles. The zero-order chi connectivity index (χ0) is 65.1. The molecule has 3 N–H and O–H groups in total. The summed E-state index contributed by atoms with van der Waals surface area (Å²) in [7, 11) is 8.00. The van der Waals surface area contributed by atoms with Crippen LogP contribution in [0.4, 0.5) is 4.79 Å². The summed E-state index contributed by atoms with van der Waals surface area (Å²) in [5, 5.41) is 9.40. The number of nitrogens with one attached hydrogen (secondary N) is 3. The first-order valence-corrected chi connectivity index (χ1v) is 31.1. The van der Waals surface area contributed by atoms with Crippen LogP contribution in [0.3, 0.4) is 0 Å². The lowest BCUT2D eigenvalue weighted by molar-refractivity contribution is -0.146. The van der Waals surface area contributed by atoms with Gasteiger partial charge in [0.15, 0.2) is 0 Å². The van der Waals surface area contributed by atoms with Gasteiger partial charge >= 0.3 is 47.8 Å². The third-order valence-corrected chi connectivity index (χ3v) is 20.5. The molecule has 0 spiro atoms. The van der Waals surface area contributed by atoms with Gasteiger partial charge in [-0.1, -0.05) is 41.0 Å². The molecule has 0 aromatic heterocycles. The topological polar surface area (TPSA) is 295 Å². The first kappa shape index (κ1) is 70.2. The number of ether oxygens (including phenoxy) is 7. The highest BCUT2D eigenvalue weighted by atomic mass is 16.5. The Labute approximate surface area is 518 Å². The molecule has 2 saturated heterocycles. The number of rotatable bonds is 28. The molecule has 6 aliphatic rings. The fraction of sp³-hybridized carbons (Fsp3) is 0.723. The average Bonchev–Trinajstić information content (AvgIpc) is 1.65. The van der Waals surface area contributed by atoms with Gasteiger partial charge in [-0.25, -0.2) is 4.79 Å². The van der Waals surface area contributed by atoms with Gasteiger partial charge in [-0.05, 0) is 102 Å². The van der Waals surface area contributed by atoms with E-state index in [1.807, 2.05) is 33.8 Å². The van der Waals surface area contributed by atoms with E-state index < -0.39 is 105 Å². The molecule has 2 fully saturated rings. The molecule has 8 bridgehead atoms. The van der Waals surface area contributed by atoms with Crippen molar-refractivity contribution < 1.29 is 76.3 Å². The highest BCUT2D eigenvalue weighted by Gasteiger charge is 2.66. The van der Waals surface area contributed by atoms with Gasteiger partial charge in [0.1, 0.15) is 6.17 Å². The molecule has 488 valence electrons. The van der Waals surface area contributed by atoms with Gasteiger partial charge in [0, 0.05) is 139 Å². The molecule has 0 aliphatic carbocycles. The molecule has 6 rings (SSSR count). The van der Waals surface area contributed by atoms with Crippen molar-refractivity contribution in [1.82, 2.24) is 20.9 Å². The van der Waals surface area contributed by atoms with Crippen LogP contribution in [-0.4, -0.2) is 156 Å². The summed E-state index contributed by atoms with van der Waals surface area (Å²) < 4.78 is 37.7. The van der Waals surface area contributed by atoms with Crippen molar-refractivity contribution in [2.75, 3.05) is 62.4 Å². The molecule has 23 nitrogen and oxygen atoms in total. The van der Waals surface area contributed by atoms with Crippen molar-refractivity contribution in [2.24, 2.45) is 60.3 Å². The maximum absolute atomic E-state index is 14.7. The van der Waals surface area contributed by atoms with Crippen molar-refractivity contribution >= 4 is 70.9 Å². The van der Waals surface area contributed by atoms with E-state index in [2.05, 4.69) is 43.6 Å². The third-order valence-electron chi connectivity index (χ3n) is 20.5. The molecular weight excluding hydrogens is 1130 g/mol. The summed E-state index contributed by atoms with van der Waals surface area (Å²) in [5.74, 6) is -5.46. The number of hydrogen-bond acceptors (Lipinski definition) is 20. The number of esters is 7. The summed E-state index contributed by atoms with van der Waals surface area (Å²) in [4.78, 5) is 138. The van der Waals surface area contributed by atoms with E-state index in [-0.39, 0.29) is 95.6 Å². The van der Waals surface area contributed by atoms with Gasteiger partial charge in [-0.3, -0.25) is 53.3 Å². The van der Waals surface area contributed by atoms with E-state index in [1.165, 1.54) is 49.6 Å². The van der Waals surface area contributed by atoms with E-state index in [0.29, 0.717) is 77.7 Å². The molecule has 88 heavy (non-hydrogen) atoms. The quantitative estimate of drug-likeness (QED) is 0.0378. The second-order valence-corrected chi connectivity index (χ2v) is 25.9. The zero-order valence-electron chi connectivity index (χ0n) is 54.7. The molecule has 6 aliphatic heterocycles. The number of aliphatic imine (C=N–C) groups is 3. The van der Waals surface area contributed by atoms with Crippen LogP contribution in [0.5, 0.6) is 0 Å². The Morgan fingerprint density at radius 3 is 1.75 bits per heavy atom. The van der Waals surface area contributed by atoms with Gasteiger partial charge in [-0.15, -0.1) is 0 Å². The van der Waals surface area contributed by atoms with Crippen LogP contribution in [0.2, 0.25) is 0 Å². The van der Waals surface area contributed by atoms with Gasteiger partial charge in [0.05, 0.1) is 67.3 Å². The number of nitrogens with zero attached hydrogens (tertiary/aromatic N) is 4. The molecule has 23 heteroatoms. The van der Waals surface area contributed by atoms with Gasteiger partial charge in [-0.2, -0.15) is 0 Å². The van der Waals surface area contributed by atoms with Crippen molar-refractivity contribution in [3.8, 4) is 0 Å². The molecule has 0 aromatic carbocycles. The number of unbranched alkanes of at least 4 members (excludes halogenated alkanes) is 3. The van der Waals surface area contributed by atoms with Crippen molar-refractivity contribution in [3.05, 3.63) is 34.3 Å². The van der Waals surface area contributed by atoms with Crippen LogP contribution >= 0.6 is 0 Å². The minimum absolute atomic E-state index is 0.00430. The number of amides is 3. The number of methoxy groups -OCH3 is 6. The summed E-state index contributed by atoms with van der Waals surface area (Å²) in [6, 6.07) is -1.00. The minimum atomic E-state index is -1.26. The summed E-state index contributed by atoms with van der Waals surface area (Å²) in [6.45, 7) is 18.8. The van der Waals surface area contributed by atoms with Crippen LogP contribution in [0.1, 0.15) is 178 Å². The summed E-state index contributed by atoms with van der Waals surface area (Å²) in [6.07, 6.45) is 6.25. The lowest BCUT2D eigenvalue weighted by Gasteiger charge is -2.49. The maximum Gasteiger partial charge on any atom is 0.319 e. The second-order valence-electron chi connectivity index (χ2n) is 25.9. The van der Waals surface area contributed by atoms with Crippen molar-refractivity contribution in [2.45, 2.75) is 196 Å². The van der Waals surface area contributed by atoms with Gasteiger partial charge < -0.3 is 54.0 Å². The highest BCUT2D eigenvalue weighted by molar-refractivity contribution is 6.10. The smallest absolute Gasteiger partial charge is 0.319 e. The first-order valence-electron chi connectivity index (χ1n) is 31.1. The normalized spacial score (nSPS) is 30.8. The van der Waals surface area contributed by atoms with E-state index in [0.717, 1.165) is 19.3 Å². The Hall–Kier alpha value is -6.94. The van der Waals surface area contributed by atoms with Crippen molar-refractivity contribution in [1.29, 1.82) is 0 Å². The number of allylic oxidation sites excluding steroid dienone is 6. The Kier molecular flexibility index (Phi) is 23.6. The maximum atomic E-state index is 14.7. The minimum Gasteiger partial charge on any atom is -0.469 e. The molecule has 0 saturated carbocycles. The zero-order valence-corrected chi connectivity index (χ0v) is 54.7. The number of urea groups is 1. The van der Waals surface area contributed by atoms with Gasteiger partial charge in [0.2, 0.25) is 5.91 Å². The van der Waals surface area contributed by atoms with E-state index in [9.17, 15) is 43.2 Å². The fourth-order valence-electron chi connectivity index (χ4n) is 15.0. The van der Waals surface area contributed by atoms with E-state index in [1.54, 1.807) is 4.90 Å². The summed E-state index contributed by atoms with van der Waals surface area (Å²) >= 11 is 0. The SMILES string of the molecule is COC(=O)CC[C@@H]1/C2=C(\C)C3=N[C@H]([C@H](CCC(=O)OC)[C@@]3(C)CCC(=O)OC)[C@@]3(C)N=C(/C(C)=C4\N/C(=C\C(=N2)C1(C)C)[C@@H](CCC(=O)OC)[C@]4(C)CC(=O)OCCCCCCN1CCC(NC(C)=O)NC1=O)[C@@H](CCC(=O)OC)[C@]3(C)CCC(=O)OC. The molecule has 0 aromatic rings. The fourth-order valence-corrected chi connectivity index (χ4v) is 15.0. The molecule has 1 unspecified atom stereocenters. The number of fused-ring (bicyclic) bond motifs is 6. The molecule has 0 radical (unpaired) electrons. The Morgan fingerprint density at radius 2 is 1.18 bits per heavy atom. The Balaban J connectivity index is 1.58. The monoisotopic (exact) mass is 1230 g/mol. The van der Waals surface area contributed by atoms with Crippen LogP contribution in [0.25, 0.3) is 0 Å². The lowest BCUT2D eigenvalue weighted by atomic mass is 9.55. The van der Waals surface area contributed by atoms with Crippen LogP contribution in [-0.2, 0) is 71.5 Å². The molecular formula is C65H97N7O16. The van der Waals surface area contributed by atoms with Crippen molar-refractivity contribution in [3.63, 3.8) is 0 Å². The lowest BCUT2D eigenvalue weighted by Crippen LogP contribution is -2.57. The highest BCUT2D eigenvalue weighted by Crippen LogP contribution is 2.63. The Bertz CT molecular complexity index is 2890. The van der Waals surface area contributed by atoms with E-state index >= 15 is 0 Å². The van der Waals surface area contributed by atoms with Gasteiger partial charge in [0.25, 0.3) is 0 Å². The van der Waals surface area contributed by atoms with Crippen LogP contribution < -0.4 is 16.0 Å². The van der Waals surface area contributed by atoms with Crippen LogP contribution in [0.15, 0.2) is 49.3 Å². The number of hydrogen-bond donors (Lipinski definition) is 3. The average molecular weight is 1230 g/mol. The summed E-state index contributed by atoms with van der Waals surface area (Å²) in [5.41, 5.74) is 0.0402. The standard InChI is InChI=1S/C65H97N7O16/c1-38-55-42(21-25-49(75)83-11)61(4,5)46(68-55)36-45-41(20-24-48(74)82-10)63(7,37-54(80)88-35-19-17-16-18-33-72-34-30-47(66-40(3)73)69-60(72)81)58(67-45)39(2)56-43(22-26-50(76)84-12)64(8,32-29-53(79)87-15)65(9,71-56)59-44(23-27-51(77)85-13)62(6,57(38)70-59)31-28-52(78)86-14/h36,41-44,47,59,67H,16-35,37H2,1-15H3,(H,66,73)(H,69,81)/b45-36-,55-38-,58-39-/t41-,42-,43-,44+,47?,59-,62-,63+,64+,65-/m1/s1. The first-order chi connectivity index (χ1) is 41.5.